The molecule has 0 fully saturated rings. The van der Waals surface area contributed by atoms with Gasteiger partial charge >= 0.3 is 6.18 Å². The Bertz CT molecular complexity index is 282. The second-order valence-electron chi connectivity index (χ2n) is 3.63. The van der Waals surface area contributed by atoms with Crippen LogP contribution in [0.1, 0.15) is 38.0 Å². The number of hydrogen-bond acceptors (Lipinski definition) is 2. The minimum atomic E-state index is -4.07. The average molecular weight is 235 g/mol. The van der Waals surface area contributed by atoms with E-state index in [9.17, 15) is 13.2 Å². The van der Waals surface area contributed by atoms with E-state index in [0.717, 1.165) is 0 Å². The molecule has 0 aliphatic heterocycles. The lowest BCUT2D eigenvalue weighted by Gasteiger charge is -2.15. The van der Waals surface area contributed by atoms with Crippen molar-refractivity contribution >= 4 is 0 Å². The molecule has 92 valence electrons. The Morgan fingerprint density at radius 1 is 1.44 bits per heavy atom. The molecule has 0 radical (unpaired) electrons. The van der Waals surface area contributed by atoms with E-state index in [1.165, 1.54) is 6.26 Å². The van der Waals surface area contributed by atoms with Crippen LogP contribution in [0.5, 0.6) is 0 Å². The Morgan fingerprint density at radius 3 is 2.69 bits per heavy atom. The molecule has 1 unspecified atom stereocenters. The van der Waals surface area contributed by atoms with E-state index in [4.69, 9.17) is 4.42 Å². The molecule has 1 heterocycles. The zero-order chi connectivity index (χ0) is 12.0. The maximum Gasteiger partial charge on any atom is 0.389 e. The van der Waals surface area contributed by atoms with Gasteiger partial charge < -0.3 is 9.73 Å². The van der Waals surface area contributed by atoms with Crippen LogP contribution in [0.15, 0.2) is 22.8 Å². The predicted molar refractivity (Wildman–Crippen MR) is 55.0 cm³/mol. The Hall–Kier alpha value is -0.970. The largest absolute Gasteiger partial charge is 0.468 e. The molecule has 16 heavy (non-hydrogen) atoms. The molecule has 0 aliphatic rings. The highest BCUT2D eigenvalue weighted by Gasteiger charge is 2.27. The van der Waals surface area contributed by atoms with Gasteiger partial charge in [-0.3, -0.25) is 0 Å². The number of halogens is 3. The molecule has 1 N–H and O–H groups in total. The van der Waals surface area contributed by atoms with Crippen LogP contribution in [0.3, 0.4) is 0 Å². The van der Waals surface area contributed by atoms with E-state index < -0.39 is 12.6 Å². The first-order valence-electron chi connectivity index (χ1n) is 5.36. The lowest BCUT2D eigenvalue weighted by atomic mass is 10.1. The highest BCUT2D eigenvalue weighted by molar-refractivity contribution is 5.04. The molecule has 0 saturated heterocycles. The smallest absolute Gasteiger partial charge is 0.389 e. The van der Waals surface area contributed by atoms with Crippen molar-refractivity contribution in [1.29, 1.82) is 0 Å². The average Bonchev–Trinajstić information content (AvgIpc) is 2.67. The highest BCUT2D eigenvalue weighted by Crippen LogP contribution is 2.26. The van der Waals surface area contributed by atoms with Gasteiger partial charge in [0.2, 0.25) is 0 Å². The van der Waals surface area contributed by atoms with Crippen molar-refractivity contribution in [3.05, 3.63) is 24.2 Å². The monoisotopic (exact) mass is 235 g/mol. The quantitative estimate of drug-likeness (QED) is 0.813. The van der Waals surface area contributed by atoms with E-state index in [-0.39, 0.29) is 12.5 Å². The van der Waals surface area contributed by atoms with Crippen molar-refractivity contribution in [2.45, 2.75) is 38.4 Å². The van der Waals surface area contributed by atoms with Crippen molar-refractivity contribution in [3.63, 3.8) is 0 Å². The third kappa shape index (κ3) is 4.70. The van der Waals surface area contributed by atoms with Crippen LogP contribution in [-0.2, 0) is 0 Å². The van der Waals surface area contributed by atoms with E-state index in [0.29, 0.717) is 18.7 Å². The Labute approximate surface area is 92.8 Å². The van der Waals surface area contributed by atoms with Crippen LogP contribution in [0.25, 0.3) is 0 Å². The van der Waals surface area contributed by atoms with Gasteiger partial charge in [-0.2, -0.15) is 13.2 Å². The molecule has 0 bridgehead atoms. The van der Waals surface area contributed by atoms with Crippen molar-refractivity contribution in [2.75, 3.05) is 6.54 Å². The van der Waals surface area contributed by atoms with E-state index in [1.807, 2.05) is 6.92 Å². The molecule has 1 rings (SSSR count). The summed E-state index contributed by atoms with van der Waals surface area (Å²) in [5.74, 6) is 0.698. The normalized spacial score (nSPS) is 14.0. The van der Waals surface area contributed by atoms with Gasteiger partial charge in [0.15, 0.2) is 0 Å². The summed E-state index contributed by atoms with van der Waals surface area (Å²) < 4.78 is 41.2. The SMILES string of the molecule is CCNC(CCCC(F)(F)F)c1ccco1. The summed E-state index contributed by atoms with van der Waals surface area (Å²) >= 11 is 0. The lowest BCUT2D eigenvalue weighted by molar-refractivity contribution is -0.135. The van der Waals surface area contributed by atoms with Crippen LogP contribution in [0.2, 0.25) is 0 Å². The summed E-state index contributed by atoms with van der Waals surface area (Å²) in [6.45, 7) is 2.62. The molecule has 1 aromatic heterocycles. The predicted octanol–water partition coefficient (Wildman–Crippen LogP) is 3.66. The molecule has 0 aliphatic carbocycles. The first-order valence-corrected chi connectivity index (χ1v) is 5.36. The summed E-state index contributed by atoms with van der Waals surface area (Å²) in [5.41, 5.74) is 0. The Morgan fingerprint density at radius 2 is 2.19 bits per heavy atom. The van der Waals surface area contributed by atoms with E-state index in [2.05, 4.69) is 5.32 Å². The van der Waals surface area contributed by atoms with Gasteiger partial charge in [0.25, 0.3) is 0 Å². The summed E-state index contributed by atoms with van der Waals surface area (Å²) in [7, 11) is 0. The topological polar surface area (TPSA) is 25.2 Å². The number of hydrogen-bond donors (Lipinski definition) is 1. The van der Waals surface area contributed by atoms with E-state index in [1.54, 1.807) is 12.1 Å². The number of alkyl halides is 3. The van der Waals surface area contributed by atoms with Crippen molar-refractivity contribution in [3.8, 4) is 0 Å². The fraction of sp³-hybridized carbons (Fsp3) is 0.636. The lowest BCUT2D eigenvalue weighted by Crippen LogP contribution is -2.21. The van der Waals surface area contributed by atoms with Gasteiger partial charge in [-0.15, -0.1) is 0 Å². The fourth-order valence-corrected chi connectivity index (χ4v) is 1.59. The molecule has 0 aromatic carbocycles. The van der Waals surface area contributed by atoms with Crippen LogP contribution in [0, 0.1) is 0 Å². The third-order valence-corrected chi connectivity index (χ3v) is 2.29. The fourth-order valence-electron chi connectivity index (χ4n) is 1.59. The molecule has 0 saturated carbocycles. The van der Waals surface area contributed by atoms with Gasteiger partial charge in [-0.05, 0) is 31.5 Å². The zero-order valence-corrected chi connectivity index (χ0v) is 9.18. The minimum absolute atomic E-state index is 0.113. The van der Waals surface area contributed by atoms with Gasteiger partial charge in [-0.25, -0.2) is 0 Å². The minimum Gasteiger partial charge on any atom is -0.468 e. The number of nitrogens with one attached hydrogen (secondary N) is 1. The highest BCUT2D eigenvalue weighted by atomic mass is 19.4. The third-order valence-electron chi connectivity index (χ3n) is 2.29. The Kier molecular flexibility index (Phi) is 4.86. The van der Waals surface area contributed by atoms with Gasteiger partial charge in [0, 0.05) is 6.42 Å². The van der Waals surface area contributed by atoms with Gasteiger partial charge in [-0.1, -0.05) is 6.92 Å². The summed E-state index contributed by atoms with van der Waals surface area (Å²) in [6.07, 6.45) is -2.73. The van der Waals surface area contributed by atoms with Crippen molar-refractivity contribution in [2.24, 2.45) is 0 Å². The standard InChI is InChI=1S/C11H16F3NO/c1-2-15-9(10-6-4-8-16-10)5-3-7-11(12,13)14/h4,6,8-9,15H,2-3,5,7H2,1H3. The molecule has 1 aromatic rings. The number of furan rings is 1. The van der Waals surface area contributed by atoms with Crippen molar-refractivity contribution in [1.82, 2.24) is 5.32 Å². The summed E-state index contributed by atoms with van der Waals surface area (Å²) in [4.78, 5) is 0. The van der Waals surface area contributed by atoms with Crippen LogP contribution in [0.4, 0.5) is 13.2 Å². The van der Waals surface area contributed by atoms with Gasteiger partial charge in [0.1, 0.15) is 5.76 Å². The molecule has 0 spiro atoms. The first-order chi connectivity index (χ1) is 7.53. The van der Waals surface area contributed by atoms with Gasteiger partial charge in [0.05, 0.1) is 12.3 Å². The first kappa shape index (κ1) is 13.1. The molecule has 5 heteroatoms. The van der Waals surface area contributed by atoms with Crippen LogP contribution >= 0.6 is 0 Å². The van der Waals surface area contributed by atoms with Crippen molar-refractivity contribution < 1.29 is 17.6 Å². The maximum atomic E-state index is 12.0. The van der Waals surface area contributed by atoms with E-state index >= 15 is 0 Å². The number of rotatable bonds is 6. The zero-order valence-electron chi connectivity index (χ0n) is 9.18. The Balaban J connectivity index is 2.41. The summed E-state index contributed by atoms with van der Waals surface area (Å²) in [6, 6.07) is 3.40. The second-order valence-corrected chi connectivity index (χ2v) is 3.63. The summed E-state index contributed by atoms with van der Waals surface area (Å²) in [5, 5.41) is 3.11. The van der Waals surface area contributed by atoms with Crippen LogP contribution < -0.4 is 5.32 Å². The maximum absolute atomic E-state index is 12.0. The molecule has 0 amide bonds. The molecule has 2 nitrogen and oxygen atoms in total. The molecule has 1 atom stereocenters. The van der Waals surface area contributed by atoms with Crippen LogP contribution in [-0.4, -0.2) is 12.7 Å². The second kappa shape index (κ2) is 5.94. The molecular weight excluding hydrogens is 219 g/mol. The molecular formula is C11H16F3NO.